The molecule has 144 valence electrons. The van der Waals surface area contributed by atoms with Gasteiger partial charge in [0.15, 0.2) is 0 Å². The van der Waals surface area contributed by atoms with Crippen molar-refractivity contribution in [1.29, 1.82) is 0 Å². The molecule has 0 aromatic carbocycles. The van der Waals surface area contributed by atoms with Gasteiger partial charge in [0.1, 0.15) is 5.82 Å². The third-order valence-corrected chi connectivity index (χ3v) is 5.89. The quantitative estimate of drug-likeness (QED) is 0.742. The number of aryl methyl sites for hydroxylation is 1. The average molecular weight is 396 g/mol. The van der Waals surface area contributed by atoms with Crippen LogP contribution in [0.4, 0.5) is 5.82 Å². The van der Waals surface area contributed by atoms with Gasteiger partial charge in [0, 0.05) is 44.3 Å². The summed E-state index contributed by atoms with van der Waals surface area (Å²) in [6.07, 6.45) is 3.30. The Kier molecular flexibility index (Phi) is 8.28. The fourth-order valence-electron chi connectivity index (χ4n) is 3.26. The average Bonchev–Trinajstić information content (AvgIpc) is 3.27. The highest BCUT2D eigenvalue weighted by atomic mass is 35.5. The van der Waals surface area contributed by atoms with Crippen molar-refractivity contribution in [3.63, 3.8) is 0 Å². The molecular weight excluding hydrogens is 366 g/mol. The van der Waals surface area contributed by atoms with Crippen molar-refractivity contribution < 1.29 is 0 Å². The first-order valence-corrected chi connectivity index (χ1v) is 10.0. The normalized spacial score (nSPS) is 16.7. The Morgan fingerprint density at radius 3 is 2.69 bits per heavy atom. The maximum Gasteiger partial charge on any atom is 0.128 e. The summed E-state index contributed by atoms with van der Waals surface area (Å²) in [6, 6.07) is 4.35. The van der Waals surface area contributed by atoms with Crippen LogP contribution < -0.4 is 10.2 Å². The summed E-state index contributed by atoms with van der Waals surface area (Å²) in [6.45, 7) is 10.6. The molecular formula is C19H30ClN5S. The highest BCUT2D eigenvalue weighted by Crippen LogP contribution is 2.20. The number of anilines is 1. The minimum atomic E-state index is 0. The second kappa shape index (κ2) is 10.2. The maximum atomic E-state index is 4.63. The molecule has 0 bridgehead atoms. The van der Waals surface area contributed by atoms with E-state index in [1.165, 1.54) is 16.9 Å². The van der Waals surface area contributed by atoms with Crippen LogP contribution in [0.1, 0.15) is 29.5 Å². The van der Waals surface area contributed by atoms with E-state index in [-0.39, 0.29) is 12.4 Å². The van der Waals surface area contributed by atoms with Gasteiger partial charge in [-0.3, -0.25) is 4.90 Å². The largest absolute Gasteiger partial charge is 0.360 e. The zero-order valence-corrected chi connectivity index (χ0v) is 17.6. The zero-order chi connectivity index (χ0) is 17.6. The zero-order valence-electron chi connectivity index (χ0n) is 15.9. The van der Waals surface area contributed by atoms with Crippen molar-refractivity contribution in [1.82, 2.24) is 20.2 Å². The first-order chi connectivity index (χ1) is 12.2. The van der Waals surface area contributed by atoms with Crippen molar-refractivity contribution >= 4 is 29.6 Å². The molecule has 0 radical (unpaired) electrons. The molecule has 1 unspecified atom stereocenters. The van der Waals surface area contributed by atoms with E-state index in [9.17, 15) is 0 Å². The number of pyridine rings is 1. The number of thiazole rings is 1. The lowest BCUT2D eigenvalue weighted by atomic mass is 10.1. The molecule has 0 spiro atoms. The Labute approximate surface area is 167 Å². The molecule has 1 saturated heterocycles. The van der Waals surface area contributed by atoms with Gasteiger partial charge in [0.2, 0.25) is 0 Å². The van der Waals surface area contributed by atoms with E-state index in [1.54, 1.807) is 11.3 Å². The number of nitrogens with one attached hydrogen (secondary N) is 1. The first-order valence-electron chi connectivity index (χ1n) is 9.13. The van der Waals surface area contributed by atoms with Gasteiger partial charge >= 0.3 is 0 Å². The maximum absolute atomic E-state index is 4.63. The summed E-state index contributed by atoms with van der Waals surface area (Å²) in [7, 11) is 2.08. The molecule has 1 fully saturated rings. The van der Waals surface area contributed by atoms with Gasteiger partial charge in [-0.1, -0.05) is 6.07 Å². The molecule has 0 aliphatic carbocycles. The van der Waals surface area contributed by atoms with E-state index < -0.39 is 0 Å². The Balaban J connectivity index is 0.00000243. The summed E-state index contributed by atoms with van der Waals surface area (Å²) < 4.78 is 0. The van der Waals surface area contributed by atoms with Gasteiger partial charge in [-0.2, -0.15) is 0 Å². The second-order valence-electron chi connectivity index (χ2n) is 6.93. The molecule has 1 aliphatic rings. The summed E-state index contributed by atoms with van der Waals surface area (Å²) >= 11 is 1.76. The SMILES string of the molecule is CCN(C)c1ccc(CN(Cc2scnc2C)CC2CCNC2)cn1.Cl. The summed E-state index contributed by atoms with van der Waals surface area (Å²) in [4.78, 5) is 15.1. The topological polar surface area (TPSA) is 44.3 Å². The lowest BCUT2D eigenvalue weighted by Gasteiger charge is -2.25. The van der Waals surface area contributed by atoms with Crippen molar-refractivity contribution in [2.75, 3.05) is 38.1 Å². The van der Waals surface area contributed by atoms with Gasteiger partial charge in [-0.05, 0) is 50.9 Å². The van der Waals surface area contributed by atoms with E-state index in [2.05, 4.69) is 58.1 Å². The van der Waals surface area contributed by atoms with E-state index in [0.29, 0.717) is 0 Å². The van der Waals surface area contributed by atoms with E-state index >= 15 is 0 Å². The fourth-order valence-corrected chi connectivity index (χ4v) is 4.08. The van der Waals surface area contributed by atoms with Gasteiger partial charge in [-0.25, -0.2) is 9.97 Å². The molecule has 26 heavy (non-hydrogen) atoms. The Bertz CT molecular complexity index is 654. The van der Waals surface area contributed by atoms with Crippen LogP contribution in [-0.2, 0) is 13.1 Å². The lowest BCUT2D eigenvalue weighted by molar-refractivity contribution is 0.222. The van der Waals surface area contributed by atoms with Crippen molar-refractivity contribution in [3.05, 3.63) is 40.0 Å². The highest BCUT2D eigenvalue weighted by Gasteiger charge is 2.20. The van der Waals surface area contributed by atoms with Crippen LogP contribution in [0, 0.1) is 12.8 Å². The summed E-state index contributed by atoms with van der Waals surface area (Å²) in [5.74, 6) is 1.78. The van der Waals surface area contributed by atoms with Gasteiger partial charge in [0.05, 0.1) is 11.2 Å². The standard InChI is InChI=1S/C19H29N5S.ClH/c1-4-23(3)19-6-5-16(10-21-19)11-24(12-17-7-8-20-9-17)13-18-15(2)22-14-25-18;/h5-6,10,14,17,20H,4,7-9,11-13H2,1-3H3;1H. The Morgan fingerprint density at radius 2 is 2.12 bits per heavy atom. The molecule has 3 rings (SSSR count). The molecule has 7 heteroatoms. The summed E-state index contributed by atoms with van der Waals surface area (Å²) in [5, 5.41) is 3.48. The monoisotopic (exact) mass is 395 g/mol. The van der Waals surface area contributed by atoms with E-state index in [0.717, 1.165) is 56.7 Å². The van der Waals surface area contributed by atoms with Crippen LogP contribution >= 0.6 is 23.7 Å². The molecule has 1 atom stereocenters. The smallest absolute Gasteiger partial charge is 0.128 e. The fraction of sp³-hybridized carbons (Fsp3) is 0.579. The third kappa shape index (κ3) is 5.64. The predicted octanol–water partition coefficient (Wildman–Crippen LogP) is 3.34. The highest BCUT2D eigenvalue weighted by molar-refractivity contribution is 7.09. The first kappa shape index (κ1) is 21.1. The second-order valence-corrected chi connectivity index (χ2v) is 7.87. The van der Waals surface area contributed by atoms with Crippen molar-refractivity contribution in [2.45, 2.75) is 33.4 Å². The number of rotatable bonds is 8. The lowest BCUT2D eigenvalue weighted by Crippen LogP contribution is -2.30. The Hall–Kier alpha value is -1.21. The van der Waals surface area contributed by atoms with Gasteiger partial charge in [-0.15, -0.1) is 23.7 Å². The van der Waals surface area contributed by atoms with Crippen LogP contribution in [-0.4, -0.2) is 48.1 Å². The number of hydrogen-bond donors (Lipinski definition) is 1. The van der Waals surface area contributed by atoms with Crippen LogP contribution in [0.3, 0.4) is 0 Å². The van der Waals surface area contributed by atoms with Gasteiger partial charge < -0.3 is 10.2 Å². The van der Waals surface area contributed by atoms with Gasteiger partial charge in [0.25, 0.3) is 0 Å². The molecule has 0 saturated carbocycles. The minimum absolute atomic E-state index is 0. The van der Waals surface area contributed by atoms with Crippen LogP contribution in [0.15, 0.2) is 23.8 Å². The number of aromatic nitrogens is 2. The predicted molar refractivity (Wildman–Crippen MR) is 112 cm³/mol. The number of nitrogens with zero attached hydrogens (tertiary/aromatic N) is 4. The van der Waals surface area contributed by atoms with Crippen molar-refractivity contribution in [2.24, 2.45) is 5.92 Å². The molecule has 5 nitrogen and oxygen atoms in total. The number of hydrogen-bond acceptors (Lipinski definition) is 6. The molecule has 1 N–H and O–H groups in total. The molecule has 3 heterocycles. The molecule has 2 aromatic heterocycles. The third-order valence-electron chi connectivity index (χ3n) is 4.97. The van der Waals surface area contributed by atoms with Crippen molar-refractivity contribution in [3.8, 4) is 0 Å². The van der Waals surface area contributed by atoms with Crippen LogP contribution in [0.5, 0.6) is 0 Å². The Morgan fingerprint density at radius 1 is 1.27 bits per heavy atom. The van der Waals surface area contributed by atoms with Crippen LogP contribution in [0.25, 0.3) is 0 Å². The van der Waals surface area contributed by atoms with E-state index in [4.69, 9.17) is 0 Å². The summed E-state index contributed by atoms with van der Waals surface area (Å²) in [5.41, 5.74) is 4.40. The molecule has 2 aromatic rings. The number of halogens is 1. The van der Waals surface area contributed by atoms with E-state index in [1.807, 2.05) is 11.7 Å². The van der Waals surface area contributed by atoms with Crippen LogP contribution in [0.2, 0.25) is 0 Å². The minimum Gasteiger partial charge on any atom is -0.360 e. The molecule has 0 amide bonds. The molecule has 1 aliphatic heterocycles.